The van der Waals surface area contributed by atoms with Gasteiger partial charge < -0.3 is 10.0 Å². The van der Waals surface area contributed by atoms with Crippen LogP contribution in [0.25, 0.3) is 0 Å². The molecular weight excluding hydrogens is 363 g/mol. The summed E-state index contributed by atoms with van der Waals surface area (Å²) in [4.78, 5) is 25.1. The monoisotopic (exact) mass is 375 g/mol. The Labute approximate surface area is 143 Å². The Morgan fingerprint density at radius 1 is 1.33 bits per heavy atom. The predicted molar refractivity (Wildman–Crippen MR) is 84.8 cm³/mol. The fraction of sp³-hybridized carbons (Fsp3) is 0.333. The minimum atomic E-state index is -4.42. The molecule has 0 saturated heterocycles. The first-order valence-electron chi connectivity index (χ1n) is 6.86. The maximum atomic E-state index is 12.7. The van der Waals surface area contributed by atoms with E-state index in [1.165, 1.54) is 16.3 Å². The molecule has 1 N–H and O–H groups in total. The molecule has 0 spiro atoms. The van der Waals surface area contributed by atoms with Crippen LogP contribution in [0.2, 0.25) is 0 Å². The number of hydrogen-bond acceptors (Lipinski definition) is 4. The van der Waals surface area contributed by atoms with E-state index >= 15 is 0 Å². The summed E-state index contributed by atoms with van der Waals surface area (Å²) < 4.78 is 38.1. The van der Waals surface area contributed by atoms with Crippen LogP contribution in [0, 0.1) is 0 Å². The highest BCUT2D eigenvalue weighted by Crippen LogP contribution is 2.47. The molecule has 0 aliphatic carbocycles. The van der Waals surface area contributed by atoms with E-state index in [2.05, 4.69) is 0 Å². The van der Waals surface area contributed by atoms with Gasteiger partial charge in [0.05, 0.1) is 17.6 Å². The van der Waals surface area contributed by atoms with Crippen LogP contribution in [0.4, 0.5) is 18.9 Å². The van der Waals surface area contributed by atoms with Crippen molar-refractivity contribution in [3.05, 3.63) is 37.7 Å². The summed E-state index contributed by atoms with van der Waals surface area (Å²) in [5, 5.41) is 10.5. The standard InChI is InChI=1S/C15H12F3NO3S2/c1-14(2)11-8(4-9(24-11)12(20)21)19(13(14)22)5-7-3-10(23-6-7)15(16,17)18/h3-4,6H,5H2,1-2H3,(H,20,21). The quantitative estimate of drug-likeness (QED) is 0.868. The Morgan fingerprint density at radius 3 is 2.54 bits per heavy atom. The summed E-state index contributed by atoms with van der Waals surface area (Å²) >= 11 is 1.60. The number of carboxylic acid groups (broad SMARTS) is 1. The van der Waals surface area contributed by atoms with Crippen molar-refractivity contribution < 1.29 is 27.9 Å². The van der Waals surface area contributed by atoms with Gasteiger partial charge in [0, 0.05) is 4.88 Å². The Hall–Kier alpha value is -1.87. The van der Waals surface area contributed by atoms with E-state index < -0.39 is 22.4 Å². The number of alkyl halides is 3. The molecule has 9 heteroatoms. The number of rotatable bonds is 3. The summed E-state index contributed by atoms with van der Waals surface area (Å²) in [6.45, 7) is 3.35. The van der Waals surface area contributed by atoms with Gasteiger partial charge in [-0.15, -0.1) is 22.7 Å². The van der Waals surface area contributed by atoms with Crippen LogP contribution in [0.15, 0.2) is 17.5 Å². The van der Waals surface area contributed by atoms with Crippen LogP contribution in [-0.4, -0.2) is 17.0 Å². The number of carbonyl (C=O) groups excluding carboxylic acids is 1. The molecule has 0 saturated carbocycles. The third-order valence-corrected chi connectivity index (χ3v) is 6.30. The number of aromatic carboxylic acids is 1. The average Bonchev–Trinajstić information content (AvgIpc) is 3.13. The lowest BCUT2D eigenvalue weighted by atomic mass is 9.93. The molecule has 2 aromatic heterocycles. The van der Waals surface area contributed by atoms with Crippen LogP contribution in [0.5, 0.6) is 0 Å². The van der Waals surface area contributed by atoms with E-state index in [0.717, 1.165) is 17.4 Å². The highest BCUT2D eigenvalue weighted by atomic mass is 32.1. The number of halogens is 3. The van der Waals surface area contributed by atoms with Crippen molar-refractivity contribution in [2.45, 2.75) is 32.0 Å². The molecule has 1 aliphatic heterocycles. The summed E-state index contributed by atoms with van der Waals surface area (Å²) in [5.74, 6) is -1.34. The first-order chi connectivity index (χ1) is 11.0. The molecule has 1 amide bonds. The van der Waals surface area contributed by atoms with E-state index in [-0.39, 0.29) is 17.3 Å². The summed E-state index contributed by atoms with van der Waals surface area (Å²) in [6, 6.07) is 2.43. The second-order valence-electron chi connectivity index (χ2n) is 5.96. The topological polar surface area (TPSA) is 57.6 Å². The van der Waals surface area contributed by atoms with E-state index in [9.17, 15) is 22.8 Å². The number of nitrogens with zero attached hydrogens (tertiary/aromatic N) is 1. The minimum absolute atomic E-state index is 0.0162. The van der Waals surface area contributed by atoms with Crippen LogP contribution >= 0.6 is 22.7 Å². The predicted octanol–water partition coefficient (Wildman–Crippen LogP) is 4.35. The number of anilines is 1. The van der Waals surface area contributed by atoms with Crippen molar-refractivity contribution in [2.75, 3.05) is 4.90 Å². The van der Waals surface area contributed by atoms with Crippen molar-refractivity contribution in [3.8, 4) is 0 Å². The third-order valence-electron chi connectivity index (χ3n) is 3.84. The van der Waals surface area contributed by atoms with Gasteiger partial charge in [0.2, 0.25) is 5.91 Å². The van der Waals surface area contributed by atoms with E-state index in [4.69, 9.17) is 5.11 Å². The third kappa shape index (κ3) is 2.61. The van der Waals surface area contributed by atoms with Gasteiger partial charge in [-0.1, -0.05) is 0 Å². The summed E-state index contributed by atoms with van der Waals surface area (Å²) in [5.41, 5.74) is -0.0594. The van der Waals surface area contributed by atoms with Crippen LogP contribution in [0.1, 0.15) is 38.8 Å². The van der Waals surface area contributed by atoms with E-state index in [1.807, 2.05) is 0 Å². The van der Waals surface area contributed by atoms with Gasteiger partial charge >= 0.3 is 12.1 Å². The van der Waals surface area contributed by atoms with Gasteiger partial charge in [0.25, 0.3) is 0 Å². The number of fused-ring (bicyclic) bond motifs is 1. The SMILES string of the molecule is CC1(C)C(=O)N(Cc2csc(C(F)(F)F)c2)c2cc(C(=O)O)sc21. The van der Waals surface area contributed by atoms with Crippen molar-refractivity contribution in [1.29, 1.82) is 0 Å². The average molecular weight is 375 g/mol. The lowest BCUT2D eigenvalue weighted by Gasteiger charge is -2.20. The first-order valence-corrected chi connectivity index (χ1v) is 8.55. The molecule has 128 valence electrons. The van der Waals surface area contributed by atoms with Gasteiger partial charge in [-0.3, -0.25) is 4.79 Å². The number of hydrogen-bond donors (Lipinski definition) is 1. The number of carbonyl (C=O) groups is 2. The maximum Gasteiger partial charge on any atom is 0.425 e. The first kappa shape index (κ1) is 17.0. The molecular formula is C15H12F3NO3S2. The van der Waals surface area contributed by atoms with Gasteiger partial charge in [-0.05, 0) is 36.9 Å². The fourth-order valence-corrected chi connectivity index (χ4v) is 4.49. The zero-order valence-corrected chi connectivity index (χ0v) is 14.2. The molecule has 24 heavy (non-hydrogen) atoms. The number of thiophene rings is 2. The molecule has 0 fully saturated rings. The maximum absolute atomic E-state index is 12.7. The van der Waals surface area contributed by atoms with Gasteiger partial charge in [-0.25, -0.2) is 4.79 Å². The normalized spacial score (nSPS) is 16.5. The lowest BCUT2D eigenvalue weighted by Crippen LogP contribution is -2.35. The Bertz CT molecular complexity index is 835. The minimum Gasteiger partial charge on any atom is -0.477 e. The Balaban J connectivity index is 1.96. The Kier molecular flexibility index (Phi) is 3.76. The van der Waals surface area contributed by atoms with Crippen molar-refractivity contribution in [2.24, 2.45) is 0 Å². The molecule has 4 nitrogen and oxygen atoms in total. The molecule has 1 aliphatic rings. The van der Waals surface area contributed by atoms with E-state index in [1.54, 1.807) is 13.8 Å². The molecule has 0 atom stereocenters. The van der Waals surface area contributed by atoms with Crippen molar-refractivity contribution >= 4 is 40.2 Å². The fourth-order valence-electron chi connectivity index (χ4n) is 2.63. The highest BCUT2D eigenvalue weighted by Gasteiger charge is 2.46. The smallest absolute Gasteiger partial charge is 0.425 e. The summed E-state index contributed by atoms with van der Waals surface area (Å²) in [7, 11) is 0. The highest BCUT2D eigenvalue weighted by molar-refractivity contribution is 7.15. The number of carboxylic acids is 1. The second-order valence-corrected chi connectivity index (χ2v) is 7.93. The van der Waals surface area contributed by atoms with Crippen LogP contribution in [0.3, 0.4) is 0 Å². The second kappa shape index (κ2) is 5.32. The largest absolute Gasteiger partial charge is 0.477 e. The number of amides is 1. The van der Waals surface area contributed by atoms with Crippen LogP contribution < -0.4 is 4.90 Å². The zero-order chi connectivity index (χ0) is 17.9. The van der Waals surface area contributed by atoms with Gasteiger partial charge in [0.15, 0.2) is 0 Å². The van der Waals surface area contributed by atoms with Gasteiger partial charge in [-0.2, -0.15) is 13.2 Å². The van der Waals surface area contributed by atoms with Crippen LogP contribution in [-0.2, 0) is 22.9 Å². The van der Waals surface area contributed by atoms with E-state index in [0.29, 0.717) is 27.5 Å². The summed E-state index contributed by atoms with van der Waals surface area (Å²) in [6.07, 6.45) is -4.42. The van der Waals surface area contributed by atoms with Crippen molar-refractivity contribution in [3.63, 3.8) is 0 Å². The lowest BCUT2D eigenvalue weighted by molar-refractivity contribution is -0.134. The molecule has 0 unspecified atom stereocenters. The molecule has 0 radical (unpaired) electrons. The Morgan fingerprint density at radius 2 is 2.00 bits per heavy atom. The van der Waals surface area contributed by atoms with Crippen molar-refractivity contribution in [1.82, 2.24) is 0 Å². The molecule has 0 bridgehead atoms. The molecule has 0 aromatic carbocycles. The van der Waals surface area contributed by atoms with Gasteiger partial charge in [0.1, 0.15) is 9.75 Å². The molecule has 2 aromatic rings. The molecule has 3 heterocycles. The zero-order valence-electron chi connectivity index (χ0n) is 12.6. The molecule has 3 rings (SSSR count).